The molecule has 24 nitrogen and oxygen atoms in total. The van der Waals surface area contributed by atoms with E-state index in [1.165, 1.54) is 0 Å². The van der Waals surface area contributed by atoms with Crippen molar-refractivity contribution in [3.8, 4) is 0 Å². The largest absolute Gasteiger partial charge is 3.00 e. The second-order valence-corrected chi connectivity index (χ2v) is 7.48. The van der Waals surface area contributed by atoms with Crippen molar-refractivity contribution in [2.45, 2.75) is 73.2 Å². The number of carbonyl (C=O) groups is 3. The predicted molar refractivity (Wildman–Crippen MR) is 119 cm³/mol. The fourth-order valence-electron chi connectivity index (χ4n) is 1.99. The molecule has 12 atom stereocenters. The average molecular weight is 695 g/mol. The maximum absolute atomic E-state index is 9.98. The number of aliphatic hydroxyl groups excluding tert-OH is 15. The number of hydrogen-bond donors (Lipinski definition) is 15. The van der Waals surface area contributed by atoms with Gasteiger partial charge >= 0.3 is 17.1 Å². The molecular weight excluding hydrogens is 656 g/mol. The number of aliphatic hydroxyl groups is 15. The van der Waals surface area contributed by atoms with E-state index in [9.17, 15) is 29.7 Å². The molecule has 21 N–H and O–H groups in total. The Kier molecular flexibility index (Phi) is 38.3. The number of aliphatic carboxylic acids is 3. The minimum absolute atomic E-state index is 0. The van der Waals surface area contributed by atoms with Crippen LogP contribution in [0.15, 0.2) is 0 Å². The summed E-state index contributed by atoms with van der Waals surface area (Å²) in [6, 6.07) is 0. The second kappa shape index (κ2) is 28.9. The molecule has 0 aromatic heterocycles. The summed E-state index contributed by atoms with van der Waals surface area (Å²) >= 11 is 0. The van der Waals surface area contributed by atoms with Crippen LogP contribution in [0.3, 0.4) is 0 Å². The molecule has 0 saturated heterocycles. The Balaban J connectivity index is -0.0000000864. The van der Waals surface area contributed by atoms with Crippen LogP contribution in [0.25, 0.3) is 0 Å². The van der Waals surface area contributed by atoms with Gasteiger partial charge in [0, 0.05) is 0 Å². The van der Waals surface area contributed by atoms with Gasteiger partial charge in [-0.25, -0.2) is 0 Å². The molecule has 0 saturated carbocycles. The van der Waals surface area contributed by atoms with E-state index in [0.717, 1.165) is 0 Å². The van der Waals surface area contributed by atoms with Crippen molar-refractivity contribution in [3.63, 3.8) is 0 Å². The number of carboxylic acids is 3. The van der Waals surface area contributed by atoms with Crippen LogP contribution in [0, 0.1) is 0 Å². The number of carbonyl (C=O) groups excluding carboxylic acids is 3. The summed E-state index contributed by atoms with van der Waals surface area (Å²) < 4.78 is 0. The molecule has 25 heteroatoms. The van der Waals surface area contributed by atoms with Crippen LogP contribution in [0.1, 0.15) is 0 Å². The van der Waals surface area contributed by atoms with Gasteiger partial charge in [-0.1, -0.05) is 0 Å². The normalized spacial score (nSPS) is 18.5. The number of hydrogen-bond acceptors (Lipinski definition) is 21. The zero-order valence-corrected chi connectivity index (χ0v) is 22.7. The Morgan fingerprint density at radius 3 is 0.628 bits per heavy atom. The molecule has 43 heavy (non-hydrogen) atoms. The van der Waals surface area contributed by atoms with Crippen LogP contribution >= 0.6 is 0 Å². The number of rotatable bonds is 15. The first kappa shape index (κ1) is 56.9. The first-order valence-corrected chi connectivity index (χ1v) is 10.4. The Morgan fingerprint density at radius 1 is 0.395 bits per heavy atom. The first-order valence-electron chi connectivity index (χ1n) is 10.4. The molecule has 0 fully saturated rings. The van der Waals surface area contributed by atoms with Gasteiger partial charge in [0.2, 0.25) is 0 Å². The van der Waals surface area contributed by atoms with Crippen molar-refractivity contribution in [2.75, 3.05) is 19.8 Å². The minimum Gasteiger partial charge on any atom is -0.547 e. The van der Waals surface area contributed by atoms with Crippen LogP contribution in [0.4, 0.5) is 0 Å². The summed E-state index contributed by atoms with van der Waals surface area (Å²) in [6.45, 7) is -2.59. The van der Waals surface area contributed by atoms with Gasteiger partial charge in [0.1, 0.15) is 73.2 Å². The van der Waals surface area contributed by atoms with E-state index < -0.39 is 111 Å². The summed E-state index contributed by atoms with van der Waals surface area (Å²) in [4.78, 5) is 29.9. The smallest absolute Gasteiger partial charge is 0.547 e. The van der Waals surface area contributed by atoms with Gasteiger partial charge in [-0.15, -0.1) is 0 Å². The van der Waals surface area contributed by atoms with Gasteiger partial charge in [-0.3, -0.25) is 0 Å². The Morgan fingerprint density at radius 2 is 0.535 bits per heavy atom. The molecule has 0 amide bonds. The van der Waals surface area contributed by atoms with Gasteiger partial charge in [-0.2, -0.15) is 0 Å². The van der Waals surface area contributed by atoms with Crippen molar-refractivity contribution >= 4 is 17.9 Å². The van der Waals surface area contributed by atoms with Crippen LogP contribution < -0.4 is 15.3 Å². The summed E-state index contributed by atoms with van der Waals surface area (Å²) in [6.07, 6.45) is -24.2. The Hall–Kier alpha value is -1.79. The molecule has 0 aromatic carbocycles. The van der Waals surface area contributed by atoms with Crippen molar-refractivity contribution in [3.05, 3.63) is 0 Å². The van der Waals surface area contributed by atoms with Gasteiger partial charge in [0.15, 0.2) is 0 Å². The molecule has 263 valence electrons. The van der Waals surface area contributed by atoms with E-state index in [2.05, 4.69) is 0 Å². The molecule has 0 aromatic rings. The van der Waals surface area contributed by atoms with E-state index >= 15 is 0 Å². The Labute approximate surface area is 251 Å². The maximum atomic E-state index is 9.98. The van der Waals surface area contributed by atoms with Crippen molar-refractivity contribution in [1.82, 2.24) is 0 Å². The monoisotopic (exact) mass is 695 g/mol. The van der Waals surface area contributed by atoms with Crippen molar-refractivity contribution in [2.24, 2.45) is 0 Å². The average Bonchev–Trinajstić information content (AvgIpc) is 2.92. The summed E-state index contributed by atoms with van der Waals surface area (Å²) in [5.41, 5.74) is 0. The molecule has 0 aliphatic rings. The van der Waals surface area contributed by atoms with Crippen LogP contribution in [0.5, 0.6) is 0 Å². The quantitative estimate of drug-likeness (QED) is 0.0707. The molecule has 12 unspecified atom stereocenters. The van der Waals surface area contributed by atoms with Crippen LogP contribution in [-0.2, 0) is 31.5 Å². The zero-order valence-electron chi connectivity index (χ0n) is 21.6. The SMILES string of the molecule is O.O.O.O=C([O-])C(O)C(O)C(O)C(O)CO.O=C([O-])C(O)C(O)C(O)C(O)CO.O=C([O-])C(O)C(O)C(O)C(O)CO.[Fe+3]. The third kappa shape index (κ3) is 21.5. The van der Waals surface area contributed by atoms with E-state index in [1.807, 2.05) is 0 Å². The van der Waals surface area contributed by atoms with Crippen molar-refractivity contribution < 1.29 is 140 Å². The number of carboxylic acid groups (broad SMARTS) is 3. The van der Waals surface area contributed by atoms with Gasteiger partial charge in [0.05, 0.1) is 37.7 Å². The molecular formula is C18H39FeO24. The fraction of sp³-hybridized carbons (Fsp3) is 0.833. The minimum atomic E-state index is -2.31. The fourth-order valence-corrected chi connectivity index (χ4v) is 1.99. The maximum Gasteiger partial charge on any atom is 3.00 e. The molecule has 0 bridgehead atoms. The molecule has 1 radical (unpaired) electrons. The van der Waals surface area contributed by atoms with E-state index in [4.69, 9.17) is 76.6 Å². The molecule has 0 heterocycles. The van der Waals surface area contributed by atoms with Gasteiger partial charge < -0.3 is 123 Å². The third-order valence-electron chi connectivity index (χ3n) is 4.49. The van der Waals surface area contributed by atoms with Gasteiger partial charge in [0.25, 0.3) is 0 Å². The third-order valence-corrected chi connectivity index (χ3v) is 4.49. The zero-order chi connectivity index (χ0) is 31.8. The van der Waals surface area contributed by atoms with Crippen LogP contribution in [0.2, 0.25) is 0 Å². The van der Waals surface area contributed by atoms with Crippen molar-refractivity contribution in [1.29, 1.82) is 0 Å². The van der Waals surface area contributed by atoms with E-state index in [0.29, 0.717) is 0 Å². The molecule has 0 rings (SSSR count). The molecule has 0 aliphatic heterocycles. The first-order chi connectivity index (χ1) is 17.7. The second-order valence-electron chi connectivity index (χ2n) is 7.48. The topological polar surface area (TPSA) is 518 Å². The Bertz CT molecular complexity index is 611. The molecule has 0 spiro atoms. The predicted octanol–water partition coefficient (Wildman–Crippen LogP) is -17.0. The summed E-state index contributed by atoms with van der Waals surface area (Å²) in [7, 11) is 0. The van der Waals surface area contributed by atoms with Crippen LogP contribution in [-0.4, -0.2) is 204 Å². The van der Waals surface area contributed by atoms with E-state index in [1.54, 1.807) is 0 Å². The summed E-state index contributed by atoms with van der Waals surface area (Å²) in [5, 5.41) is 160. The summed E-state index contributed by atoms with van der Waals surface area (Å²) in [5.74, 6) is -5.93. The molecule has 0 aliphatic carbocycles. The van der Waals surface area contributed by atoms with E-state index in [-0.39, 0.29) is 33.5 Å². The standard InChI is InChI=1S/3C6H12O7.Fe.3H2O/c3*7-1-2(8)3(9)4(10)5(11)6(12)13;;;;/h3*2-5,7-11H,1H2,(H,12,13);;3*1H2/q;;;+3;;;/p-3. The van der Waals surface area contributed by atoms with Gasteiger partial charge in [-0.05, 0) is 0 Å².